The molecule has 13 heavy (non-hydrogen) atoms. The fourth-order valence-electron chi connectivity index (χ4n) is 1.16. The molecule has 0 bridgehead atoms. The number of benzene rings is 1. The summed E-state index contributed by atoms with van der Waals surface area (Å²) in [5.41, 5.74) is 7.22. The largest absolute Gasteiger partial charge is 0.397 e. The standard InChI is InChI=1S/C9H6BrClN2/c10-5-1-2-8-6(3-5)9(12)7(11)4-13-8/h1-4H,(H2,12,13). The summed E-state index contributed by atoms with van der Waals surface area (Å²) in [6.07, 6.45) is 1.56. The van der Waals surface area contributed by atoms with Crippen molar-refractivity contribution in [1.29, 1.82) is 0 Å². The van der Waals surface area contributed by atoms with Crippen LogP contribution in [0.25, 0.3) is 10.9 Å². The van der Waals surface area contributed by atoms with E-state index in [-0.39, 0.29) is 0 Å². The lowest BCUT2D eigenvalue weighted by Gasteiger charge is -2.03. The van der Waals surface area contributed by atoms with Crippen LogP contribution in [0, 0.1) is 0 Å². The van der Waals surface area contributed by atoms with E-state index in [9.17, 15) is 0 Å². The molecular weight excluding hydrogens is 251 g/mol. The highest BCUT2D eigenvalue weighted by Crippen LogP contribution is 2.28. The highest BCUT2D eigenvalue weighted by molar-refractivity contribution is 9.10. The van der Waals surface area contributed by atoms with Crippen molar-refractivity contribution in [2.24, 2.45) is 0 Å². The molecular formula is C9H6BrClN2. The fraction of sp³-hybridized carbons (Fsp3) is 0. The van der Waals surface area contributed by atoms with Gasteiger partial charge in [-0.3, -0.25) is 4.98 Å². The number of pyridine rings is 1. The lowest BCUT2D eigenvalue weighted by molar-refractivity contribution is 1.41. The zero-order valence-electron chi connectivity index (χ0n) is 6.59. The molecule has 2 aromatic rings. The average molecular weight is 258 g/mol. The van der Waals surface area contributed by atoms with E-state index in [4.69, 9.17) is 17.3 Å². The molecule has 0 fully saturated rings. The Bertz CT molecular complexity index is 465. The molecule has 0 aliphatic rings. The van der Waals surface area contributed by atoms with Crippen molar-refractivity contribution < 1.29 is 0 Å². The molecule has 0 amide bonds. The summed E-state index contributed by atoms with van der Waals surface area (Å²) in [5, 5.41) is 1.37. The number of nitrogens with zero attached hydrogens (tertiary/aromatic N) is 1. The smallest absolute Gasteiger partial charge is 0.0825 e. The van der Waals surface area contributed by atoms with E-state index < -0.39 is 0 Å². The molecule has 0 saturated carbocycles. The van der Waals surface area contributed by atoms with Crippen molar-refractivity contribution in [3.8, 4) is 0 Å². The molecule has 2 N–H and O–H groups in total. The Morgan fingerprint density at radius 1 is 1.38 bits per heavy atom. The van der Waals surface area contributed by atoms with Gasteiger partial charge in [0.1, 0.15) is 0 Å². The average Bonchev–Trinajstić information content (AvgIpc) is 2.12. The molecule has 1 heterocycles. The van der Waals surface area contributed by atoms with E-state index >= 15 is 0 Å². The highest BCUT2D eigenvalue weighted by Gasteiger charge is 2.03. The summed E-state index contributed by atoms with van der Waals surface area (Å²) in [6.45, 7) is 0. The third-order valence-electron chi connectivity index (χ3n) is 1.82. The fourth-order valence-corrected chi connectivity index (χ4v) is 1.67. The second-order valence-corrected chi connectivity index (χ2v) is 4.00. The van der Waals surface area contributed by atoms with Crippen LogP contribution in [0.4, 0.5) is 5.69 Å². The molecule has 0 radical (unpaired) electrons. The van der Waals surface area contributed by atoms with Crippen LogP contribution in [0.2, 0.25) is 5.02 Å². The van der Waals surface area contributed by atoms with Crippen LogP contribution in [0.3, 0.4) is 0 Å². The minimum Gasteiger partial charge on any atom is -0.397 e. The van der Waals surface area contributed by atoms with E-state index in [2.05, 4.69) is 20.9 Å². The molecule has 1 aromatic carbocycles. The topological polar surface area (TPSA) is 38.9 Å². The molecule has 0 saturated heterocycles. The Morgan fingerprint density at radius 3 is 2.92 bits per heavy atom. The Labute approximate surface area is 88.8 Å². The van der Waals surface area contributed by atoms with E-state index in [0.717, 1.165) is 15.4 Å². The van der Waals surface area contributed by atoms with Crippen molar-refractivity contribution in [2.45, 2.75) is 0 Å². The van der Waals surface area contributed by atoms with Crippen molar-refractivity contribution in [3.05, 3.63) is 33.9 Å². The van der Waals surface area contributed by atoms with Crippen molar-refractivity contribution in [1.82, 2.24) is 4.98 Å². The second-order valence-electron chi connectivity index (χ2n) is 2.68. The lowest BCUT2D eigenvalue weighted by atomic mass is 10.2. The van der Waals surface area contributed by atoms with Gasteiger partial charge in [-0.2, -0.15) is 0 Å². The molecule has 2 nitrogen and oxygen atoms in total. The second kappa shape index (κ2) is 3.16. The predicted octanol–water partition coefficient (Wildman–Crippen LogP) is 3.23. The Morgan fingerprint density at radius 2 is 2.15 bits per heavy atom. The number of hydrogen-bond donors (Lipinski definition) is 1. The maximum Gasteiger partial charge on any atom is 0.0825 e. The minimum absolute atomic E-state index is 0.491. The first-order valence-electron chi connectivity index (χ1n) is 3.68. The number of nitrogens with two attached hydrogens (primary N) is 1. The first-order valence-corrected chi connectivity index (χ1v) is 4.85. The van der Waals surface area contributed by atoms with Crippen LogP contribution < -0.4 is 5.73 Å². The third-order valence-corrected chi connectivity index (χ3v) is 2.62. The minimum atomic E-state index is 0.491. The number of hydrogen-bond acceptors (Lipinski definition) is 2. The van der Waals surface area contributed by atoms with Crippen LogP contribution in [0.1, 0.15) is 0 Å². The predicted molar refractivity (Wildman–Crippen MR) is 58.9 cm³/mol. The first kappa shape index (κ1) is 8.78. The van der Waals surface area contributed by atoms with Gasteiger partial charge in [0.2, 0.25) is 0 Å². The monoisotopic (exact) mass is 256 g/mol. The summed E-state index contributed by atoms with van der Waals surface area (Å²) >= 11 is 9.20. The number of fused-ring (bicyclic) bond motifs is 1. The van der Waals surface area contributed by atoms with E-state index in [0.29, 0.717) is 10.7 Å². The van der Waals surface area contributed by atoms with Crippen LogP contribution in [-0.4, -0.2) is 4.98 Å². The number of rotatable bonds is 0. The van der Waals surface area contributed by atoms with Gasteiger partial charge in [-0.1, -0.05) is 27.5 Å². The van der Waals surface area contributed by atoms with Gasteiger partial charge in [-0.05, 0) is 18.2 Å². The third kappa shape index (κ3) is 1.49. The molecule has 4 heteroatoms. The van der Waals surface area contributed by atoms with Crippen molar-refractivity contribution in [2.75, 3.05) is 5.73 Å². The summed E-state index contributed by atoms with van der Waals surface area (Å²) in [7, 11) is 0. The van der Waals surface area contributed by atoms with Gasteiger partial charge in [0.15, 0.2) is 0 Å². The summed E-state index contributed by atoms with van der Waals surface area (Å²) in [5.74, 6) is 0. The van der Waals surface area contributed by atoms with Gasteiger partial charge >= 0.3 is 0 Å². The Balaban J connectivity index is 2.89. The van der Waals surface area contributed by atoms with Crippen LogP contribution in [0.15, 0.2) is 28.9 Å². The lowest BCUT2D eigenvalue weighted by Crippen LogP contribution is -1.90. The molecule has 2 rings (SSSR count). The SMILES string of the molecule is Nc1c(Cl)cnc2ccc(Br)cc12. The first-order chi connectivity index (χ1) is 6.18. The maximum absolute atomic E-state index is 5.84. The van der Waals surface area contributed by atoms with Gasteiger partial charge in [-0.15, -0.1) is 0 Å². The zero-order valence-corrected chi connectivity index (χ0v) is 8.93. The summed E-state index contributed by atoms with van der Waals surface area (Å²) in [6, 6.07) is 5.72. The molecule has 0 aliphatic carbocycles. The van der Waals surface area contributed by atoms with Crippen LogP contribution >= 0.6 is 27.5 Å². The van der Waals surface area contributed by atoms with E-state index in [1.165, 1.54) is 0 Å². The van der Waals surface area contributed by atoms with Gasteiger partial charge in [0.25, 0.3) is 0 Å². The van der Waals surface area contributed by atoms with Gasteiger partial charge in [0.05, 0.1) is 16.2 Å². The van der Waals surface area contributed by atoms with E-state index in [1.54, 1.807) is 6.20 Å². The van der Waals surface area contributed by atoms with Crippen LogP contribution in [-0.2, 0) is 0 Å². The number of anilines is 1. The molecule has 0 spiro atoms. The number of aromatic nitrogens is 1. The van der Waals surface area contributed by atoms with Crippen molar-refractivity contribution in [3.63, 3.8) is 0 Å². The van der Waals surface area contributed by atoms with Gasteiger partial charge in [-0.25, -0.2) is 0 Å². The Hall–Kier alpha value is -0.800. The normalized spacial score (nSPS) is 10.6. The zero-order chi connectivity index (χ0) is 9.42. The van der Waals surface area contributed by atoms with Crippen molar-refractivity contribution >= 4 is 44.1 Å². The van der Waals surface area contributed by atoms with Gasteiger partial charge in [0, 0.05) is 16.1 Å². The molecule has 0 atom stereocenters. The molecule has 66 valence electrons. The molecule has 0 unspecified atom stereocenters. The highest BCUT2D eigenvalue weighted by atomic mass is 79.9. The maximum atomic E-state index is 5.84. The Kier molecular flexibility index (Phi) is 2.14. The molecule has 0 aliphatic heterocycles. The van der Waals surface area contributed by atoms with Gasteiger partial charge < -0.3 is 5.73 Å². The number of nitrogen functional groups attached to an aromatic ring is 1. The number of halogens is 2. The summed E-state index contributed by atoms with van der Waals surface area (Å²) < 4.78 is 0.968. The quantitative estimate of drug-likeness (QED) is 0.787. The molecule has 1 aromatic heterocycles. The van der Waals surface area contributed by atoms with Crippen LogP contribution in [0.5, 0.6) is 0 Å². The summed E-state index contributed by atoms with van der Waals surface area (Å²) in [4.78, 5) is 4.15. The van der Waals surface area contributed by atoms with E-state index in [1.807, 2.05) is 18.2 Å².